The molecule has 0 atom stereocenters. The third-order valence-corrected chi connectivity index (χ3v) is 1.10. The van der Waals surface area contributed by atoms with E-state index in [9.17, 15) is 13.0 Å². The standard InChI is InChI=1S/C6H6NO3S.Na/c8-11(9,10)7-6-4-2-1-3-5-6;/h1-5H,(H,8,9,10);/q-1;+1/p-1/i1D,2D,3D,4D,5D;. The Hall–Kier alpha value is -0.0700. The fraction of sp³-hybridized carbons (Fsp3) is 0. The molecule has 4 nitrogen and oxygen atoms in total. The summed E-state index contributed by atoms with van der Waals surface area (Å²) < 4.78 is 69.7. The second-order valence-corrected chi connectivity index (χ2v) is 2.53. The largest absolute Gasteiger partial charge is 1.00 e. The van der Waals surface area contributed by atoms with Crippen LogP contribution in [0.1, 0.15) is 6.85 Å². The van der Waals surface area contributed by atoms with E-state index in [4.69, 9.17) is 6.85 Å². The Balaban J connectivity index is 0.00000256. The second kappa shape index (κ2) is 4.84. The maximum atomic E-state index is 10.4. The first-order chi connectivity index (χ1) is 7.15. The summed E-state index contributed by atoms with van der Waals surface area (Å²) in [4.78, 5) is 0. The summed E-state index contributed by atoms with van der Waals surface area (Å²) >= 11 is 0. The molecule has 6 heteroatoms. The zero-order valence-electron chi connectivity index (χ0n) is 11.1. The van der Waals surface area contributed by atoms with E-state index in [0.717, 1.165) is 0 Å². The molecule has 60 valence electrons. The average molecular weight is 199 g/mol. The molecule has 0 unspecified atom stereocenters. The molecule has 0 aliphatic carbocycles. The van der Waals surface area contributed by atoms with E-state index >= 15 is 0 Å². The van der Waals surface area contributed by atoms with Crippen molar-refractivity contribution in [1.82, 2.24) is 0 Å². The van der Waals surface area contributed by atoms with Gasteiger partial charge in [-0.1, -0.05) is 30.2 Å². The van der Waals surface area contributed by atoms with Gasteiger partial charge in [-0.15, -0.1) is 5.69 Å². The third-order valence-electron chi connectivity index (χ3n) is 0.690. The van der Waals surface area contributed by atoms with E-state index in [1.54, 1.807) is 0 Å². The van der Waals surface area contributed by atoms with Crippen LogP contribution in [-0.2, 0) is 10.3 Å². The van der Waals surface area contributed by atoms with Gasteiger partial charge in [0.25, 0.3) is 0 Å². The van der Waals surface area contributed by atoms with E-state index < -0.39 is 46.2 Å². The first-order valence-electron chi connectivity index (χ1n) is 4.91. The van der Waals surface area contributed by atoms with Crippen LogP contribution in [0.3, 0.4) is 0 Å². The van der Waals surface area contributed by atoms with Crippen molar-refractivity contribution in [1.29, 1.82) is 0 Å². The number of hydrogen-bond acceptors (Lipinski definition) is 3. The molecule has 12 heavy (non-hydrogen) atoms. The summed E-state index contributed by atoms with van der Waals surface area (Å²) in [6, 6.07) is -3.83. The van der Waals surface area contributed by atoms with Crippen LogP contribution >= 0.6 is 0 Å². The molecule has 0 saturated heterocycles. The Morgan fingerprint density at radius 3 is 2.25 bits per heavy atom. The smallest absolute Gasteiger partial charge is 0.761 e. The summed E-state index contributed by atoms with van der Waals surface area (Å²) in [6.07, 6.45) is 0. The fourth-order valence-corrected chi connectivity index (χ4v) is 0.716. The number of hydrogen-bond donors (Lipinski definition) is 0. The Kier molecular flexibility index (Phi) is 2.26. The summed E-state index contributed by atoms with van der Waals surface area (Å²) in [6.45, 7) is 0. The zero-order valence-corrected chi connectivity index (χ0v) is 8.90. The number of rotatable bonds is 2. The minimum Gasteiger partial charge on any atom is -0.761 e. The van der Waals surface area contributed by atoms with Crippen molar-refractivity contribution in [3.8, 4) is 0 Å². The minimum atomic E-state index is -5.06. The first-order valence-corrected chi connectivity index (χ1v) is 3.77. The molecule has 0 radical (unpaired) electrons. The van der Waals surface area contributed by atoms with Crippen LogP contribution in [0.5, 0.6) is 0 Å². The molecule has 0 aromatic heterocycles. The van der Waals surface area contributed by atoms with Gasteiger partial charge in [0, 0.05) is 10.3 Å². The van der Waals surface area contributed by atoms with Crippen LogP contribution in [0, 0.1) is 0 Å². The number of benzene rings is 1. The van der Waals surface area contributed by atoms with Crippen LogP contribution in [-0.4, -0.2) is 13.0 Å². The van der Waals surface area contributed by atoms with Gasteiger partial charge in [-0.25, -0.2) is 0 Å². The Bertz CT molecular complexity index is 520. The van der Waals surface area contributed by atoms with Gasteiger partial charge < -0.3 is 9.27 Å². The van der Waals surface area contributed by atoms with Crippen molar-refractivity contribution < 1.29 is 49.4 Å². The Morgan fingerprint density at radius 2 is 1.83 bits per heavy atom. The van der Waals surface area contributed by atoms with Gasteiger partial charge in [-0.2, -0.15) is 0 Å². The summed E-state index contributed by atoms with van der Waals surface area (Å²) in [5.74, 6) is 0. The maximum absolute atomic E-state index is 10.4. The molecule has 1 aromatic carbocycles. The molecule has 0 bridgehead atoms. The molecule has 0 heterocycles. The quantitative estimate of drug-likeness (QED) is 0.415. The molecule has 0 aliphatic heterocycles. The molecule has 0 amide bonds. The topological polar surface area (TPSA) is 71.3 Å². The van der Waals surface area contributed by atoms with E-state index in [1.807, 2.05) is 0 Å². The van der Waals surface area contributed by atoms with Crippen LogP contribution in [0.15, 0.2) is 30.2 Å². The first kappa shape index (κ1) is 5.62. The van der Waals surface area contributed by atoms with Crippen LogP contribution in [0.25, 0.3) is 4.72 Å². The van der Waals surface area contributed by atoms with Crippen LogP contribution in [0.4, 0.5) is 5.69 Å². The van der Waals surface area contributed by atoms with Gasteiger partial charge in [-0.3, -0.25) is 8.42 Å². The summed E-state index contributed by atoms with van der Waals surface area (Å²) in [5.41, 5.74) is -0.874. The predicted octanol–water partition coefficient (Wildman–Crippen LogP) is -1.84. The Morgan fingerprint density at radius 1 is 1.33 bits per heavy atom. The van der Waals surface area contributed by atoms with Gasteiger partial charge in [0.2, 0.25) is 0 Å². The van der Waals surface area contributed by atoms with Crippen molar-refractivity contribution in [3.05, 3.63) is 34.9 Å². The summed E-state index contributed by atoms with van der Waals surface area (Å²) in [5, 5.41) is 0. The molecule has 0 aliphatic rings. The van der Waals surface area contributed by atoms with Gasteiger partial charge >= 0.3 is 29.6 Å². The van der Waals surface area contributed by atoms with Gasteiger partial charge in [0.1, 0.15) is 0 Å². The molecule has 0 spiro atoms. The van der Waals surface area contributed by atoms with Crippen molar-refractivity contribution in [3.63, 3.8) is 0 Å². The van der Waals surface area contributed by atoms with E-state index in [1.165, 1.54) is 0 Å². The molecular formula is C6H5NNaO3S-. The van der Waals surface area contributed by atoms with Crippen molar-refractivity contribution >= 4 is 16.0 Å². The summed E-state index contributed by atoms with van der Waals surface area (Å²) in [7, 11) is -5.06. The minimum absolute atomic E-state index is 0. The van der Waals surface area contributed by atoms with E-state index in [2.05, 4.69) is 4.72 Å². The monoisotopic (exact) mass is 199 g/mol. The van der Waals surface area contributed by atoms with Crippen molar-refractivity contribution in [2.75, 3.05) is 0 Å². The van der Waals surface area contributed by atoms with E-state index in [0.29, 0.717) is 0 Å². The molecule has 0 fully saturated rings. The molecule has 1 rings (SSSR count). The molecule has 0 N–H and O–H groups in total. The van der Waals surface area contributed by atoms with Gasteiger partial charge in [0.05, 0.1) is 6.85 Å². The van der Waals surface area contributed by atoms with Gasteiger partial charge in [0.15, 0.2) is 0 Å². The van der Waals surface area contributed by atoms with Crippen molar-refractivity contribution in [2.45, 2.75) is 0 Å². The van der Waals surface area contributed by atoms with Crippen molar-refractivity contribution in [2.24, 2.45) is 0 Å². The Labute approximate surface area is 100 Å². The zero-order chi connectivity index (χ0) is 12.7. The second-order valence-electron chi connectivity index (χ2n) is 1.49. The number of nitrogens with zero attached hydrogens (tertiary/aromatic N) is 1. The van der Waals surface area contributed by atoms with Crippen LogP contribution < -0.4 is 29.6 Å². The fourth-order valence-electron chi connectivity index (χ4n) is 0.401. The normalized spacial score (nSPS) is 15.9. The average Bonchev–Trinajstić information content (AvgIpc) is 2.17. The molecular weight excluding hydrogens is 189 g/mol. The SMILES string of the molecule is [2H]c1c([2H])c([2H])c([N-]S(=O)(=O)[O-])c([2H])c1[2H].[Na+]. The van der Waals surface area contributed by atoms with Crippen LogP contribution in [0.2, 0.25) is 0 Å². The third kappa shape index (κ3) is 4.74. The predicted molar refractivity (Wildman–Crippen MR) is 39.2 cm³/mol. The maximum Gasteiger partial charge on any atom is 1.00 e. The molecule has 0 saturated carbocycles. The van der Waals surface area contributed by atoms with Gasteiger partial charge in [-0.05, 0) is 0 Å². The molecule has 1 aromatic rings. The van der Waals surface area contributed by atoms with E-state index in [-0.39, 0.29) is 29.6 Å².